The molecule has 160 valence electrons. The highest BCUT2D eigenvalue weighted by Crippen LogP contribution is 2.30. The first-order valence-corrected chi connectivity index (χ1v) is 9.91. The number of hydrogen-bond acceptors (Lipinski definition) is 4. The molecule has 1 unspecified atom stereocenters. The van der Waals surface area contributed by atoms with E-state index in [1.807, 2.05) is 19.9 Å². The van der Waals surface area contributed by atoms with Crippen LogP contribution >= 0.6 is 35.6 Å². The second kappa shape index (κ2) is 10.7. The van der Waals surface area contributed by atoms with Crippen LogP contribution in [0.1, 0.15) is 35.9 Å². The second-order valence-electron chi connectivity index (χ2n) is 6.91. The number of aromatic amines is 1. The zero-order valence-electron chi connectivity index (χ0n) is 16.4. The van der Waals surface area contributed by atoms with Crippen molar-refractivity contribution < 1.29 is 9.90 Å². The summed E-state index contributed by atoms with van der Waals surface area (Å²) in [6.45, 7) is 3.79. The van der Waals surface area contributed by atoms with Crippen LogP contribution in [0.5, 0.6) is 0 Å². The van der Waals surface area contributed by atoms with Crippen LogP contribution in [0.2, 0.25) is 10.0 Å². The molecule has 0 aliphatic carbocycles. The monoisotopic (exact) mass is 468 g/mol. The van der Waals surface area contributed by atoms with Crippen molar-refractivity contribution in [3.63, 3.8) is 0 Å². The van der Waals surface area contributed by atoms with Gasteiger partial charge < -0.3 is 20.7 Å². The fourth-order valence-corrected chi connectivity index (χ4v) is 3.32. The lowest BCUT2D eigenvalue weighted by Gasteiger charge is -2.16. The van der Waals surface area contributed by atoms with Crippen molar-refractivity contribution >= 4 is 47.3 Å². The van der Waals surface area contributed by atoms with Crippen molar-refractivity contribution in [1.29, 1.82) is 0 Å². The van der Waals surface area contributed by atoms with E-state index in [0.717, 1.165) is 16.7 Å². The van der Waals surface area contributed by atoms with Gasteiger partial charge in [0.25, 0.3) is 5.91 Å². The predicted molar refractivity (Wildman–Crippen MR) is 124 cm³/mol. The first-order chi connectivity index (χ1) is 13.9. The summed E-state index contributed by atoms with van der Waals surface area (Å²) in [6.07, 6.45) is 3.29. The first-order valence-electron chi connectivity index (χ1n) is 9.15. The van der Waals surface area contributed by atoms with Gasteiger partial charge in [0.1, 0.15) is 11.5 Å². The van der Waals surface area contributed by atoms with Crippen LogP contribution < -0.4 is 10.6 Å². The average Bonchev–Trinajstić information content (AvgIpc) is 3.17. The van der Waals surface area contributed by atoms with E-state index in [9.17, 15) is 9.90 Å². The minimum Gasteiger partial charge on any atom is -0.394 e. The minimum atomic E-state index is -0.570. The number of nitrogens with one attached hydrogen (secondary N) is 3. The SMILES string of the molecule is CC(C)Nc1cc(-c2c[nH]c(C(=O)NC(CO)c3cccc(Cl)c3)c2)c(Cl)cn1.Cl. The molecule has 1 atom stereocenters. The zero-order valence-corrected chi connectivity index (χ0v) is 18.8. The molecule has 0 aliphatic heterocycles. The molecule has 0 radical (unpaired) electrons. The summed E-state index contributed by atoms with van der Waals surface area (Å²) in [5.74, 6) is 0.355. The van der Waals surface area contributed by atoms with E-state index >= 15 is 0 Å². The Morgan fingerprint density at radius 3 is 2.67 bits per heavy atom. The standard InChI is InChI=1S/C21H22Cl2N4O2.ClH/c1-12(2)26-20-8-16(17(23)10-25-20)14-7-18(24-9-14)21(29)27-19(11-28)13-4-3-5-15(22)6-13;/h3-10,12,19,24,28H,11H2,1-2H3,(H,25,26)(H,27,29);1H. The molecule has 3 rings (SSSR count). The van der Waals surface area contributed by atoms with Gasteiger partial charge in [0.05, 0.1) is 17.7 Å². The highest BCUT2D eigenvalue weighted by molar-refractivity contribution is 6.33. The Balaban J connectivity index is 0.00000320. The van der Waals surface area contributed by atoms with Crippen LogP contribution in [0, 0.1) is 0 Å². The largest absolute Gasteiger partial charge is 0.394 e. The smallest absolute Gasteiger partial charge is 0.268 e. The van der Waals surface area contributed by atoms with Crippen LogP contribution in [-0.2, 0) is 0 Å². The van der Waals surface area contributed by atoms with E-state index in [0.29, 0.717) is 21.6 Å². The summed E-state index contributed by atoms with van der Waals surface area (Å²) in [6, 6.07) is 10.2. The Kier molecular flexibility index (Phi) is 8.55. The number of pyridine rings is 1. The lowest BCUT2D eigenvalue weighted by molar-refractivity contribution is 0.0912. The molecule has 0 bridgehead atoms. The Morgan fingerprint density at radius 2 is 2.00 bits per heavy atom. The number of amides is 1. The zero-order chi connectivity index (χ0) is 21.0. The number of aliphatic hydroxyl groups excluding tert-OH is 1. The number of anilines is 1. The van der Waals surface area contributed by atoms with Crippen LogP contribution in [0.15, 0.2) is 48.8 Å². The van der Waals surface area contributed by atoms with Crippen molar-refractivity contribution in [2.45, 2.75) is 25.9 Å². The van der Waals surface area contributed by atoms with E-state index in [1.54, 1.807) is 42.7 Å². The second-order valence-corrected chi connectivity index (χ2v) is 7.76. The number of aromatic nitrogens is 2. The molecule has 1 aromatic carbocycles. The van der Waals surface area contributed by atoms with Crippen molar-refractivity contribution in [2.75, 3.05) is 11.9 Å². The van der Waals surface area contributed by atoms with E-state index in [-0.39, 0.29) is 31.0 Å². The van der Waals surface area contributed by atoms with Crippen molar-refractivity contribution in [1.82, 2.24) is 15.3 Å². The minimum absolute atomic E-state index is 0. The number of H-pyrrole nitrogens is 1. The van der Waals surface area contributed by atoms with Gasteiger partial charge in [0, 0.05) is 34.6 Å². The van der Waals surface area contributed by atoms with Crippen molar-refractivity contribution in [3.8, 4) is 11.1 Å². The molecule has 30 heavy (non-hydrogen) atoms. The van der Waals surface area contributed by atoms with Gasteiger partial charge in [-0.1, -0.05) is 35.3 Å². The number of carbonyl (C=O) groups excluding carboxylic acids is 1. The summed E-state index contributed by atoms with van der Waals surface area (Å²) in [5, 5.41) is 16.7. The Hall–Kier alpha value is -2.25. The summed E-state index contributed by atoms with van der Waals surface area (Å²) < 4.78 is 0. The highest BCUT2D eigenvalue weighted by Gasteiger charge is 2.18. The topological polar surface area (TPSA) is 90.0 Å². The van der Waals surface area contributed by atoms with Gasteiger partial charge in [0.2, 0.25) is 0 Å². The Morgan fingerprint density at radius 1 is 1.23 bits per heavy atom. The molecule has 4 N–H and O–H groups in total. The first kappa shape index (κ1) is 24.0. The lowest BCUT2D eigenvalue weighted by Crippen LogP contribution is -2.31. The van der Waals surface area contributed by atoms with Gasteiger partial charge in [-0.3, -0.25) is 4.79 Å². The summed E-state index contributed by atoms with van der Waals surface area (Å²) >= 11 is 12.3. The molecule has 6 nitrogen and oxygen atoms in total. The fourth-order valence-electron chi connectivity index (χ4n) is 2.91. The van der Waals surface area contributed by atoms with Gasteiger partial charge in [-0.05, 0) is 43.7 Å². The number of carbonyl (C=O) groups is 1. The molecule has 9 heteroatoms. The van der Waals surface area contributed by atoms with Gasteiger partial charge in [-0.15, -0.1) is 12.4 Å². The molecule has 0 saturated carbocycles. The third kappa shape index (κ3) is 5.89. The number of aliphatic hydroxyl groups is 1. The average molecular weight is 470 g/mol. The van der Waals surface area contributed by atoms with Gasteiger partial charge in [-0.2, -0.15) is 0 Å². The third-order valence-electron chi connectivity index (χ3n) is 4.27. The third-order valence-corrected chi connectivity index (χ3v) is 4.81. The van der Waals surface area contributed by atoms with E-state index in [4.69, 9.17) is 23.2 Å². The molecular formula is C21H23Cl3N4O2. The summed E-state index contributed by atoms with van der Waals surface area (Å²) in [4.78, 5) is 19.9. The van der Waals surface area contributed by atoms with Gasteiger partial charge in [-0.25, -0.2) is 4.98 Å². The maximum atomic E-state index is 12.7. The van der Waals surface area contributed by atoms with Crippen LogP contribution in [-0.4, -0.2) is 33.6 Å². The number of benzene rings is 1. The lowest BCUT2D eigenvalue weighted by atomic mass is 10.1. The molecule has 0 fully saturated rings. The van der Waals surface area contributed by atoms with E-state index < -0.39 is 6.04 Å². The molecule has 2 heterocycles. The number of hydrogen-bond donors (Lipinski definition) is 4. The molecule has 2 aromatic heterocycles. The van der Waals surface area contributed by atoms with E-state index in [1.165, 1.54) is 0 Å². The molecule has 0 saturated heterocycles. The molecule has 3 aromatic rings. The fraction of sp³-hybridized carbons (Fsp3) is 0.238. The Labute approximate surface area is 191 Å². The molecule has 0 aliphatic rings. The van der Waals surface area contributed by atoms with Crippen LogP contribution in [0.4, 0.5) is 5.82 Å². The molecular weight excluding hydrogens is 447 g/mol. The normalized spacial score (nSPS) is 11.7. The maximum Gasteiger partial charge on any atom is 0.268 e. The van der Waals surface area contributed by atoms with Crippen molar-refractivity contribution in [2.24, 2.45) is 0 Å². The molecule has 1 amide bonds. The molecule has 0 spiro atoms. The van der Waals surface area contributed by atoms with Crippen LogP contribution in [0.3, 0.4) is 0 Å². The predicted octanol–water partition coefficient (Wildman–Crippen LogP) is 5.09. The number of rotatable bonds is 7. The highest BCUT2D eigenvalue weighted by atomic mass is 35.5. The van der Waals surface area contributed by atoms with Crippen LogP contribution in [0.25, 0.3) is 11.1 Å². The van der Waals surface area contributed by atoms with E-state index in [2.05, 4.69) is 20.6 Å². The summed E-state index contributed by atoms with van der Waals surface area (Å²) in [7, 11) is 0. The van der Waals surface area contributed by atoms with Crippen molar-refractivity contribution in [3.05, 3.63) is 70.1 Å². The van der Waals surface area contributed by atoms with Gasteiger partial charge in [0.15, 0.2) is 0 Å². The number of nitrogens with zero attached hydrogens (tertiary/aromatic N) is 1. The Bertz CT molecular complexity index is 1010. The van der Waals surface area contributed by atoms with Gasteiger partial charge >= 0.3 is 0 Å². The maximum absolute atomic E-state index is 12.7. The summed E-state index contributed by atoms with van der Waals surface area (Å²) in [5.41, 5.74) is 2.60. The number of halogens is 3. The quantitative estimate of drug-likeness (QED) is 0.388.